The molecule has 0 unspecified atom stereocenters. The Hall–Kier alpha value is -3.80. The molecule has 3 aliphatic carbocycles. The third kappa shape index (κ3) is 5.06. The number of fused-ring (bicyclic) bond motifs is 4. The van der Waals surface area contributed by atoms with Crippen molar-refractivity contribution in [2.75, 3.05) is 13.2 Å². The van der Waals surface area contributed by atoms with E-state index in [1.54, 1.807) is 6.07 Å². The first-order chi connectivity index (χ1) is 17.7. The Balaban J connectivity index is 1.13. The maximum atomic E-state index is 14.1. The zero-order valence-electron chi connectivity index (χ0n) is 19.7. The highest BCUT2D eigenvalue weighted by molar-refractivity contribution is 5.81. The van der Waals surface area contributed by atoms with Gasteiger partial charge < -0.3 is 25.2 Å². The number of carbonyl (C=O) groups excluding carboxylic acids is 2. The average Bonchev–Trinajstić information content (AvgIpc) is 3.34. The fourth-order valence-corrected chi connectivity index (χ4v) is 5.24. The van der Waals surface area contributed by atoms with E-state index in [2.05, 4.69) is 20.8 Å². The van der Waals surface area contributed by atoms with Crippen LogP contribution >= 0.6 is 0 Å². The molecule has 1 atom stereocenters. The molecular weight excluding hydrogens is 493 g/mol. The molecule has 0 saturated heterocycles. The molecule has 4 N–H and O–H groups in total. The van der Waals surface area contributed by atoms with Crippen LogP contribution in [0.3, 0.4) is 0 Å². The lowest BCUT2D eigenvalue weighted by molar-refractivity contribution is -0.137. The van der Waals surface area contributed by atoms with Gasteiger partial charge in [-0.3, -0.25) is 14.7 Å². The van der Waals surface area contributed by atoms with Gasteiger partial charge in [-0.15, -0.1) is 0 Å². The van der Waals surface area contributed by atoms with Gasteiger partial charge in [0.1, 0.15) is 17.3 Å². The van der Waals surface area contributed by atoms with Gasteiger partial charge in [-0.25, -0.2) is 13.2 Å². The van der Waals surface area contributed by atoms with Gasteiger partial charge in [0.2, 0.25) is 0 Å². The van der Waals surface area contributed by atoms with Crippen molar-refractivity contribution < 1.29 is 37.3 Å². The van der Waals surface area contributed by atoms with E-state index in [4.69, 9.17) is 9.47 Å². The van der Waals surface area contributed by atoms with Crippen LogP contribution in [-0.2, 0) is 9.59 Å². The fourth-order valence-electron chi connectivity index (χ4n) is 5.24. The Kier molecular flexibility index (Phi) is 6.44. The molecule has 3 aromatic rings. The second-order valence-corrected chi connectivity index (χ2v) is 9.64. The number of rotatable bonds is 8. The second kappa shape index (κ2) is 9.58. The predicted octanol–water partition coefficient (Wildman–Crippen LogP) is 2.49. The van der Waals surface area contributed by atoms with Crippen LogP contribution in [0.1, 0.15) is 32.1 Å². The summed E-state index contributed by atoms with van der Waals surface area (Å²) in [7, 11) is 0. The monoisotopic (exact) mass is 518 g/mol. The van der Waals surface area contributed by atoms with Gasteiger partial charge >= 0.3 is 0 Å². The number of H-pyrrole nitrogens is 1. The zero-order chi connectivity index (χ0) is 26.2. The van der Waals surface area contributed by atoms with Crippen LogP contribution < -0.4 is 20.1 Å². The van der Waals surface area contributed by atoms with Gasteiger partial charge in [0.15, 0.2) is 24.8 Å². The molecule has 2 amide bonds. The van der Waals surface area contributed by atoms with E-state index >= 15 is 0 Å². The summed E-state index contributed by atoms with van der Waals surface area (Å²) in [6.07, 6.45) is 2.57. The predicted molar refractivity (Wildman–Crippen MR) is 124 cm³/mol. The number of aromatic nitrogens is 2. The smallest absolute Gasteiger partial charge is 0.258 e. The van der Waals surface area contributed by atoms with Crippen LogP contribution in [0, 0.1) is 17.5 Å². The maximum Gasteiger partial charge on any atom is 0.258 e. The molecule has 2 bridgehead atoms. The molecule has 9 nitrogen and oxygen atoms in total. The van der Waals surface area contributed by atoms with Crippen LogP contribution in [0.2, 0.25) is 0 Å². The van der Waals surface area contributed by atoms with Crippen molar-refractivity contribution in [1.29, 1.82) is 0 Å². The molecule has 6 rings (SSSR count). The lowest BCUT2D eigenvalue weighted by Gasteiger charge is -2.56. The highest BCUT2D eigenvalue weighted by atomic mass is 19.2. The number of aliphatic hydroxyl groups excluding tert-OH is 1. The Bertz CT molecular complexity index is 1340. The normalized spacial score (nSPS) is 24.6. The minimum Gasteiger partial charge on any atom is -0.484 e. The summed E-state index contributed by atoms with van der Waals surface area (Å²) in [5.74, 6) is -3.34. The first-order valence-electron chi connectivity index (χ1n) is 11.8. The average molecular weight is 518 g/mol. The van der Waals surface area contributed by atoms with Crippen molar-refractivity contribution >= 4 is 22.7 Å². The third-order valence-corrected chi connectivity index (χ3v) is 7.23. The molecule has 37 heavy (non-hydrogen) atoms. The highest BCUT2D eigenvalue weighted by Gasteiger charge is 2.55. The Morgan fingerprint density at radius 3 is 2.32 bits per heavy atom. The van der Waals surface area contributed by atoms with Gasteiger partial charge in [0, 0.05) is 23.7 Å². The number of hydrogen-bond acceptors (Lipinski definition) is 6. The Morgan fingerprint density at radius 1 is 0.946 bits per heavy atom. The van der Waals surface area contributed by atoms with E-state index in [1.807, 2.05) is 0 Å². The minimum atomic E-state index is -1.08. The van der Waals surface area contributed by atoms with Gasteiger partial charge in [0.25, 0.3) is 11.8 Å². The highest BCUT2D eigenvalue weighted by Crippen LogP contribution is 2.47. The Morgan fingerprint density at radius 2 is 1.62 bits per heavy atom. The van der Waals surface area contributed by atoms with Crippen molar-refractivity contribution in [1.82, 2.24) is 20.8 Å². The van der Waals surface area contributed by atoms with Crippen molar-refractivity contribution in [3.05, 3.63) is 54.0 Å². The van der Waals surface area contributed by atoms with E-state index < -0.39 is 53.1 Å². The molecule has 0 spiro atoms. The molecule has 0 aliphatic heterocycles. The summed E-state index contributed by atoms with van der Waals surface area (Å²) in [5, 5.41) is 23.4. The van der Waals surface area contributed by atoms with Gasteiger partial charge in [-0.2, -0.15) is 5.10 Å². The number of aromatic amines is 1. The SMILES string of the molecule is O=C(COc1cc(F)c2cn[nH]c2c1)NC12CCC(NC(=O)COc3ccc(F)c(F)c3)(CC1)[C@@H](O)C2. The number of benzene rings is 2. The van der Waals surface area contributed by atoms with Crippen LogP contribution in [0.25, 0.3) is 10.9 Å². The van der Waals surface area contributed by atoms with E-state index in [-0.39, 0.29) is 24.5 Å². The fraction of sp³-hybridized carbons (Fsp3) is 0.400. The topological polar surface area (TPSA) is 126 Å². The number of hydrogen-bond donors (Lipinski definition) is 4. The molecule has 0 radical (unpaired) electrons. The molecule has 12 heteroatoms. The number of nitrogens with zero attached hydrogens (tertiary/aromatic N) is 1. The third-order valence-electron chi connectivity index (χ3n) is 7.23. The van der Waals surface area contributed by atoms with Crippen LogP contribution in [0.15, 0.2) is 36.5 Å². The molecule has 196 valence electrons. The van der Waals surface area contributed by atoms with Crippen molar-refractivity contribution in [3.8, 4) is 11.5 Å². The molecule has 1 aromatic heterocycles. The first-order valence-corrected chi connectivity index (χ1v) is 11.8. The summed E-state index contributed by atoms with van der Waals surface area (Å²) in [6, 6.07) is 5.70. The van der Waals surface area contributed by atoms with Crippen LogP contribution in [0.5, 0.6) is 11.5 Å². The number of carbonyl (C=O) groups is 2. The standard InChI is InChI=1S/C25H25F3N4O5/c26-17-2-1-14(7-19(17)28)36-13-23(35)31-25-5-3-24(4-6-25,10-21(25)33)30-22(34)12-37-15-8-18(27)16-11-29-32-20(16)9-15/h1-2,7-9,11,21,33H,3-6,10,12-13H2,(H,29,32)(H,30,34)(H,31,35)/t21-,24?,25?/m0/s1. The number of ether oxygens (including phenoxy) is 2. The summed E-state index contributed by atoms with van der Waals surface area (Å²) >= 11 is 0. The van der Waals surface area contributed by atoms with Crippen molar-refractivity contribution in [3.63, 3.8) is 0 Å². The molecule has 3 aliphatic rings. The van der Waals surface area contributed by atoms with Crippen LogP contribution in [0.4, 0.5) is 13.2 Å². The number of aliphatic hydroxyl groups is 1. The van der Waals surface area contributed by atoms with E-state index in [9.17, 15) is 27.9 Å². The molecule has 3 saturated carbocycles. The lowest BCUT2D eigenvalue weighted by Crippen LogP contribution is -2.70. The summed E-state index contributed by atoms with van der Waals surface area (Å²) in [5.41, 5.74) is -1.06. The number of amides is 2. The number of nitrogens with one attached hydrogen (secondary N) is 3. The van der Waals surface area contributed by atoms with E-state index in [0.717, 1.165) is 12.1 Å². The second-order valence-electron chi connectivity index (χ2n) is 9.64. The van der Waals surface area contributed by atoms with Gasteiger partial charge in [-0.1, -0.05) is 0 Å². The molecule has 2 aromatic carbocycles. The van der Waals surface area contributed by atoms with E-state index in [0.29, 0.717) is 36.6 Å². The van der Waals surface area contributed by atoms with E-state index in [1.165, 1.54) is 18.3 Å². The summed E-state index contributed by atoms with van der Waals surface area (Å²) in [6.45, 7) is -0.760. The molecule has 1 heterocycles. The minimum absolute atomic E-state index is 0.00978. The summed E-state index contributed by atoms with van der Waals surface area (Å²) < 4.78 is 51.2. The quantitative estimate of drug-likeness (QED) is 0.363. The first kappa shape index (κ1) is 24.9. The van der Waals surface area contributed by atoms with Gasteiger partial charge in [-0.05, 0) is 44.2 Å². The molecule has 3 fully saturated rings. The maximum absolute atomic E-state index is 14.1. The zero-order valence-corrected chi connectivity index (χ0v) is 19.7. The molecular formula is C25H25F3N4O5. The van der Waals surface area contributed by atoms with Crippen molar-refractivity contribution in [2.45, 2.75) is 49.3 Å². The van der Waals surface area contributed by atoms with Crippen molar-refractivity contribution in [2.24, 2.45) is 0 Å². The largest absolute Gasteiger partial charge is 0.484 e. The van der Waals surface area contributed by atoms with Gasteiger partial charge in [0.05, 0.1) is 28.7 Å². The van der Waals surface area contributed by atoms with Crippen LogP contribution in [-0.4, -0.2) is 57.5 Å². The Labute approximate surface area is 209 Å². The lowest BCUT2D eigenvalue weighted by atomic mass is 9.60. The summed E-state index contributed by atoms with van der Waals surface area (Å²) in [4.78, 5) is 25.1. The number of halogens is 3.